The summed E-state index contributed by atoms with van der Waals surface area (Å²) in [5, 5.41) is 0. The fourth-order valence-corrected chi connectivity index (χ4v) is 2.50. The van der Waals surface area contributed by atoms with Crippen LogP contribution in [0.5, 0.6) is 5.75 Å². The molecule has 1 fully saturated rings. The van der Waals surface area contributed by atoms with Crippen LogP contribution in [0.25, 0.3) is 0 Å². The summed E-state index contributed by atoms with van der Waals surface area (Å²) in [6.07, 6.45) is -2.85. The number of primary amides is 1. The predicted molar refractivity (Wildman–Crippen MR) is 80.4 cm³/mol. The van der Waals surface area contributed by atoms with Gasteiger partial charge in [0, 0.05) is 6.04 Å². The molecule has 2 amide bonds. The van der Waals surface area contributed by atoms with E-state index in [2.05, 4.69) is 0 Å². The SMILES string of the molecule is C[C@H](C1CC1)N(CC(F)(F)F)C(=O)COc1ccccc1C(N)=O. The molecule has 2 rings (SSSR count). The summed E-state index contributed by atoms with van der Waals surface area (Å²) in [4.78, 5) is 24.3. The number of nitrogens with two attached hydrogens (primary N) is 1. The van der Waals surface area contributed by atoms with Crippen molar-refractivity contribution in [3.8, 4) is 5.75 Å². The van der Waals surface area contributed by atoms with Gasteiger partial charge in [-0.3, -0.25) is 9.59 Å². The quantitative estimate of drug-likeness (QED) is 0.825. The number of para-hydroxylation sites is 1. The number of carbonyl (C=O) groups is 2. The van der Waals surface area contributed by atoms with E-state index in [1.165, 1.54) is 12.1 Å². The number of alkyl halides is 3. The Labute approximate surface area is 137 Å². The van der Waals surface area contributed by atoms with E-state index in [0.717, 1.165) is 17.7 Å². The summed E-state index contributed by atoms with van der Waals surface area (Å²) in [7, 11) is 0. The maximum atomic E-state index is 12.7. The third kappa shape index (κ3) is 4.87. The van der Waals surface area contributed by atoms with Gasteiger partial charge >= 0.3 is 6.18 Å². The fourth-order valence-electron chi connectivity index (χ4n) is 2.50. The Hall–Kier alpha value is -2.25. The van der Waals surface area contributed by atoms with E-state index in [1.54, 1.807) is 19.1 Å². The maximum absolute atomic E-state index is 12.7. The summed E-state index contributed by atoms with van der Waals surface area (Å²) < 4.78 is 43.5. The molecule has 8 heteroatoms. The smallest absolute Gasteiger partial charge is 0.406 e. The van der Waals surface area contributed by atoms with Crippen molar-refractivity contribution in [3.05, 3.63) is 29.8 Å². The minimum absolute atomic E-state index is 0.0721. The largest absolute Gasteiger partial charge is 0.483 e. The number of halogens is 3. The molecule has 132 valence electrons. The Balaban J connectivity index is 2.06. The topological polar surface area (TPSA) is 72.6 Å². The molecule has 0 heterocycles. The number of hydrogen-bond acceptors (Lipinski definition) is 3. The van der Waals surface area contributed by atoms with Crippen LogP contribution in [-0.2, 0) is 4.79 Å². The molecule has 0 spiro atoms. The van der Waals surface area contributed by atoms with Gasteiger partial charge in [0.05, 0.1) is 5.56 Å². The van der Waals surface area contributed by atoms with Crippen LogP contribution in [0.4, 0.5) is 13.2 Å². The van der Waals surface area contributed by atoms with Crippen LogP contribution >= 0.6 is 0 Å². The number of hydrogen-bond donors (Lipinski definition) is 1. The Kier molecular flexibility index (Phi) is 5.36. The average molecular weight is 344 g/mol. The minimum Gasteiger partial charge on any atom is -0.483 e. The van der Waals surface area contributed by atoms with Gasteiger partial charge in [-0.15, -0.1) is 0 Å². The first-order valence-corrected chi connectivity index (χ1v) is 7.57. The predicted octanol–water partition coefficient (Wildman–Crippen LogP) is 2.35. The normalized spacial score (nSPS) is 15.7. The second kappa shape index (κ2) is 7.11. The van der Waals surface area contributed by atoms with Gasteiger partial charge in [0.15, 0.2) is 6.61 Å². The lowest BCUT2D eigenvalue weighted by molar-refractivity contribution is -0.167. The van der Waals surface area contributed by atoms with Crippen molar-refractivity contribution < 1.29 is 27.5 Å². The second-order valence-electron chi connectivity index (χ2n) is 5.86. The van der Waals surface area contributed by atoms with E-state index in [1.807, 2.05) is 0 Å². The van der Waals surface area contributed by atoms with Gasteiger partial charge in [-0.05, 0) is 37.8 Å². The van der Waals surface area contributed by atoms with Crippen molar-refractivity contribution in [1.29, 1.82) is 0 Å². The fraction of sp³-hybridized carbons (Fsp3) is 0.500. The zero-order valence-corrected chi connectivity index (χ0v) is 13.2. The van der Waals surface area contributed by atoms with Crippen molar-refractivity contribution in [2.75, 3.05) is 13.2 Å². The number of benzene rings is 1. The number of carbonyl (C=O) groups excluding carboxylic acids is 2. The Morgan fingerprint density at radius 2 is 1.96 bits per heavy atom. The third-order valence-corrected chi connectivity index (χ3v) is 3.97. The molecule has 1 saturated carbocycles. The minimum atomic E-state index is -4.48. The van der Waals surface area contributed by atoms with E-state index >= 15 is 0 Å². The Morgan fingerprint density at radius 1 is 1.33 bits per heavy atom. The molecule has 1 atom stereocenters. The Morgan fingerprint density at radius 3 is 2.50 bits per heavy atom. The lowest BCUT2D eigenvalue weighted by Crippen LogP contribution is -2.47. The van der Waals surface area contributed by atoms with Gasteiger partial charge in [0.1, 0.15) is 12.3 Å². The molecule has 1 aromatic carbocycles. The third-order valence-electron chi connectivity index (χ3n) is 3.97. The summed E-state index contributed by atoms with van der Waals surface area (Å²) >= 11 is 0. The van der Waals surface area contributed by atoms with Gasteiger partial charge in [-0.1, -0.05) is 12.1 Å². The standard InChI is InChI=1S/C16H19F3N2O3/c1-10(11-6-7-11)21(9-16(17,18)19)14(22)8-24-13-5-3-2-4-12(13)15(20)23/h2-5,10-11H,6-9H2,1H3,(H2,20,23)/t10-/m1/s1. The van der Waals surface area contributed by atoms with Crippen molar-refractivity contribution >= 4 is 11.8 Å². The molecule has 24 heavy (non-hydrogen) atoms. The van der Waals surface area contributed by atoms with Crippen LogP contribution in [0.15, 0.2) is 24.3 Å². The van der Waals surface area contributed by atoms with Gasteiger partial charge in [0.2, 0.25) is 0 Å². The number of amides is 2. The van der Waals surface area contributed by atoms with Crippen molar-refractivity contribution in [2.45, 2.75) is 32.0 Å². The molecule has 5 nitrogen and oxygen atoms in total. The molecule has 1 aromatic rings. The monoisotopic (exact) mass is 344 g/mol. The van der Waals surface area contributed by atoms with E-state index < -0.39 is 37.2 Å². The molecule has 0 aromatic heterocycles. The van der Waals surface area contributed by atoms with Crippen molar-refractivity contribution in [2.24, 2.45) is 11.7 Å². The highest BCUT2D eigenvalue weighted by Crippen LogP contribution is 2.36. The number of ether oxygens (including phenoxy) is 1. The lowest BCUT2D eigenvalue weighted by atomic mass is 10.1. The summed E-state index contributed by atoms with van der Waals surface area (Å²) in [6.45, 7) is -0.291. The van der Waals surface area contributed by atoms with Crippen LogP contribution in [0.1, 0.15) is 30.1 Å². The summed E-state index contributed by atoms with van der Waals surface area (Å²) in [5.74, 6) is -1.35. The highest BCUT2D eigenvalue weighted by Gasteiger charge is 2.40. The van der Waals surface area contributed by atoms with Gasteiger partial charge < -0.3 is 15.4 Å². The zero-order chi connectivity index (χ0) is 17.9. The molecule has 0 bridgehead atoms. The summed E-state index contributed by atoms with van der Waals surface area (Å²) in [6, 6.07) is 5.50. The zero-order valence-electron chi connectivity index (χ0n) is 13.2. The first-order valence-electron chi connectivity index (χ1n) is 7.57. The number of nitrogens with zero attached hydrogens (tertiary/aromatic N) is 1. The molecule has 0 saturated heterocycles. The first-order chi connectivity index (χ1) is 11.2. The summed E-state index contributed by atoms with van der Waals surface area (Å²) in [5.41, 5.74) is 5.27. The second-order valence-corrected chi connectivity index (χ2v) is 5.86. The molecule has 2 N–H and O–H groups in total. The van der Waals surface area contributed by atoms with Crippen molar-refractivity contribution in [3.63, 3.8) is 0 Å². The Bertz CT molecular complexity index is 615. The van der Waals surface area contributed by atoms with E-state index in [-0.39, 0.29) is 17.2 Å². The number of rotatable bonds is 7. The van der Waals surface area contributed by atoms with Gasteiger partial charge in [-0.2, -0.15) is 13.2 Å². The molecule has 0 unspecified atom stereocenters. The highest BCUT2D eigenvalue weighted by atomic mass is 19.4. The van der Waals surface area contributed by atoms with E-state index in [9.17, 15) is 22.8 Å². The van der Waals surface area contributed by atoms with Crippen LogP contribution in [0.3, 0.4) is 0 Å². The molecule has 1 aliphatic carbocycles. The maximum Gasteiger partial charge on any atom is 0.406 e. The highest BCUT2D eigenvalue weighted by molar-refractivity contribution is 5.95. The average Bonchev–Trinajstić information content (AvgIpc) is 3.33. The van der Waals surface area contributed by atoms with Crippen LogP contribution in [0, 0.1) is 5.92 Å². The molecular formula is C16H19F3N2O3. The molecule has 0 aliphatic heterocycles. The molecule has 0 radical (unpaired) electrons. The van der Waals surface area contributed by atoms with Crippen molar-refractivity contribution in [1.82, 2.24) is 4.90 Å². The molecule has 1 aliphatic rings. The van der Waals surface area contributed by atoms with E-state index in [0.29, 0.717) is 0 Å². The van der Waals surface area contributed by atoms with Crippen LogP contribution in [0.2, 0.25) is 0 Å². The first kappa shape index (κ1) is 18.1. The van der Waals surface area contributed by atoms with Gasteiger partial charge in [-0.25, -0.2) is 0 Å². The van der Waals surface area contributed by atoms with Gasteiger partial charge in [0.25, 0.3) is 11.8 Å². The van der Waals surface area contributed by atoms with Crippen LogP contribution in [-0.4, -0.2) is 42.1 Å². The van der Waals surface area contributed by atoms with E-state index in [4.69, 9.17) is 10.5 Å². The lowest BCUT2D eigenvalue weighted by Gasteiger charge is -2.30. The van der Waals surface area contributed by atoms with Crippen LogP contribution < -0.4 is 10.5 Å². The molecular weight excluding hydrogens is 325 g/mol.